The molecule has 2 heterocycles. The number of halogens is 2. The maximum Gasteiger partial charge on any atom is 0.230 e. The van der Waals surface area contributed by atoms with E-state index in [1.807, 2.05) is 0 Å². The molecule has 7 nitrogen and oxygen atoms in total. The quantitative estimate of drug-likeness (QED) is 0.887. The predicted octanol–water partition coefficient (Wildman–Crippen LogP) is 2.14. The highest BCUT2D eigenvalue weighted by molar-refractivity contribution is 6.32. The Balaban J connectivity index is 1.80. The number of nitrogens with two attached hydrogens (primary N) is 1. The first-order chi connectivity index (χ1) is 11.9. The number of ether oxygens (including phenoxy) is 1. The molecule has 1 unspecified atom stereocenters. The highest BCUT2D eigenvalue weighted by Gasteiger charge is 2.21. The maximum atomic E-state index is 13.4. The van der Waals surface area contributed by atoms with E-state index in [0.717, 1.165) is 26.2 Å². The summed E-state index contributed by atoms with van der Waals surface area (Å²) in [7, 11) is 2.07. The van der Waals surface area contributed by atoms with Crippen molar-refractivity contribution in [2.75, 3.05) is 43.9 Å². The number of hydrogen-bond acceptors (Lipinski definition) is 7. The lowest BCUT2D eigenvalue weighted by Gasteiger charge is -2.32. The number of anilines is 2. The zero-order chi connectivity index (χ0) is 18.0. The van der Waals surface area contributed by atoms with Gasteiger partial charge in [-0.25, -0.2) is 4.39 Å². The normalized spacial score (nSPS) is 16.7. The van der Waals surface area contributed by atoms with Gasteiger partial charge in [-0.05, 0) is 26.1 Å². The highest BCUT2D eigenvalue weighted by atomic mass is 35.5. The van der Waals surface area contributed by atoms with Gasteiger partial charge in [0.1, 0.15) is 11.6 Å². The molecule has 1 aromatic carbocycles. The molecule has 0 aliphatic carbocycles. The van der Waals surface area contributed by atoms with Crippen molar-refractivity contribution in [3.63, 3.8) is 0 Å². The molecule has 1 aromatic heterocycles. The molecule has 0 bridgehead atoms. The summed E-state index contributed by atoms with van der Waals surface area (Å²) in [6, 6.07) is 3.94. The van der Waals surface area contributed by atoms with Gasteiger partial charge in [-0.2, -0.15) is 15.0 Å². The third kappa shape index (κ3) is 4.26. The summed E-state index contributed by atoms with van der Waals surface area (Å²) in [6.45, 7) is 5.22. The molecule has 2 aromatic rings. The Labute approximate surface area is 150 Å². The zero-order valence-corrected chi connectivity index (χ0v) is 14.9. The van der Waals surface area contributed by atoms with Crippen molar-refractivity contribution in [2.24, 2.45) is 0 Å². The van der Waals surface area contributed by atoms with Gasteiger partial charge in [0, 0.05) is 32.2 Å². The summed E-state index contributed by atoms with van der Waals surface area (Å²) in [5.41, 5.74) is 5.84. The monoisotopic (exact) mass is 366 g/mol. The molecule has 0 saturated carbocycles. The third-order valence-corrected chi connectivity index (χ3v) is 4.32. The summed E-state index contributed by atoms with van der Waals surface area (Å²) < 4.78 is 19.1. The zero-order valence-electron chi connectivity index (χ0n) is 14.1. The van der Waals surface area contributed by atoms with Crippen molar-refractivity contribution in [1.29, 1.82) is 0 Å². The van der Waals surface area contributed by atoms with Crippen molar-refractivity contribution < 1.29 is 9.13 Å². The molecule has 1 aliphatic heterocycles. The average Bonchev–Trinajstić information content (AvgIpc) is 2.58. The Hall–Kier alpha value is -2.19. The van der Waals surface area contributed by atoms with Crippen LogP contribution in [0.5, 0.6) is 5.75 Å². The van der Waals surface area contributed by atoms with Crippen LogP contribution in [0.25, 0.3) is 0 Å². The minimum absolute atomic E-state index is 0.125. The number of rotatable bonds is 4. The van der Waals surface area contributed by atoms with Crippen LogP contribution in [0.4, 0.5) is 16.3 Å². The van der Waals surface area contributed by atoms with Crippen LogP contribution in [-0.2, 0) is 0 Å². The van der Waals surface area contributed by atoms with Crippen LogP contribution >= 0.6 is 11.6 Å². The fourth-order valence-electron chi connectivity index (χ4n) is 2.54. The first-order valence-electron chi connectivity index (χ1n) is 7.99. The van der Waals surface area contributed by atoms with Crippen molar-refractivity contribution in [1.82, 2.24) is 19.9 Å². The van der Waals surface area contributed by atoms with Gasteiger partial charge in [-0.3, -0.25) is 0 Å². The molecule has 2 N–H and O–H groups in total. The molecule has 1 fully saturated rings. The van der Waals surface area contributed by atoms with Crippen LogP contribution in [0.1, 0.15) is 18.9 Å². The van der Waals surface area contributed by atoms with Gasteiger partial charge in [0.15, 0.2) is 11.9 Å². The van der Waals surface area contributed by atoms with Gasteiger partial charge in [0.2, 0.25) is 11.9 Å². The minimum Gasteiger partial charge on any atom is -0.481 e. The highest BCUT2D eigenvalue weighted by Crippen LogP contribution is 2.29. The molecule has 3 rings (SSSR count). The largest absolute Gasteiger partial charge is 0.481 e. The first kappa shape index (κ1) is 17.6. The number of piperazine rings is 1. The lowest BCUT2D eigenvalue weighted by Crippen LogP contribution is -2.45. The van der Waals surface area contributed by atoms with Gasteiger partial charge in [0.25, 0.3) is 0 Å². The standard InChI is InChI=1S/C16H20ClFN6O/c1-10(25-13-9-11(18)3-4-12(13)17)14-20-15(19)22-16(21-14)24-7-5-23(2)6-8-24/h3-4,9-10H,5-8H2,1-2H3,(H2,19,20,21,22). The number of nitrogens with zero attached hydrogens (tertiary/aromatic N) is 5. The van der Waals surface area contributed by atoms with E-state index in [4.69, 9.17) is 22.1 Å². The summed E-state index contributed by atoms with van der Waals surface area (Å²) in [4.78, 5) is 17.1. The summed E-state index contributed by atoms with van der Waals surface area (Å²) in [5, 5.41) is 0.314. The lowest BCUT2D eigenvalue weighted by molar-refractivity contribution is 0.215. The fraction of sp³-hybridized carbons (Fsp3) is 0.438. The van der Waals surface area contributed by atoms with E-state index in [9.17, 15) is 4.39 Å². The topological polar surface area (TPSA) is 80.4 Å². The molecular weight excluding hydrogens is 347 g/mol. The number of aromatic nitrogens is 3. The molecular formula is C16H20ClFN6O. The van der Waals surface area contributed by atoms with E-state index in [1.54, 1.807) is 6.92 Å². The molecule has 134 valence electrons. The number of hydrogen-bond donors (Lipinski definition) is 1. The molecule has 0 amide bonds. The molecule has 1 saturated heterocycles. The second-order valence-electron chi connectivity index (χ2n) is 5.98. The van der Waals surface area contributed by atoms with Crippen LogP contribution in [0.15, 0.2) is 18.2 Å². The summed E-state index contributed by atoms with van der Waals surface area (Å²) in [6.07, 6.45) is -0.559. The minimum atomic E-state index is -0.559. The maximum absolute atomic E-state index is 13.4. The van der Waals surface area contributed by atoms with Gasteiger partial charge in [-0.1, -0.05) is 11.6 Å². The van der Waals surface area contributed by atoms with E-state index in [0.29, 0.717) is 16.8 Å². The van der Waals surface area contributed by atoms with E-state index < -0.39 is 11.9 Å². The Kier molecular flexibility index (Phi) is 5.19. The number of benzene rings is 1. The first-order valence-corrected chi connectivity index (χ1v) is 8.37. The van der Waals surface area contributed by atoms with Crippen molar-refractivity contribution in [2.45, 2.75) is 13.0 Å². The van der Waals surface area contributed by atoms with Gasteiger partial charge in [-0.15, -0.1) is 0 Å². The number of likely N-dealkylation sites (N-methyl/N-ethyl adjacent to an activating group) is 1. The van der Waals surface area contributed by atoms with Crippen LogP contribution in [0, 0.1) is 5.82 Å². The Morgan fingerprint density at radius 1 is 1.20 bits per heavy atom. The Bertz CT molecular complexity index is 753. The van der Waals surface area contributed by atoms with Gasteiger partial charge >= 0.3 is 0 Å². The van der Waals surface area contributed by atoms with Gasteiger partial charge in [0.05, 0.1) is 5.02 Å². The van der Waals surface area contributed by atoms with Crippen LogP contribution in [0.3, 0.4) is 0 Å². The van der Waals surface area contributed by atoms with Crippen LogP contribution < -0.4 is 15.4 Å². The molecule has 25 heavy (non-hydrogen) atoms. The average molecular weight is 367 g/mol. The van der Waals surface area contributed by atoms with E-state index >= 15 is 0 Å². The fourth-order valence-corrected chi connectivity index (χ4v) is 2.70. The van der Waals surface area contributed by atoms with Crippen molar-refractivity contribution in [3.8, 4) is 5.75 Å². The predicted molar refractivity (Wildman–Crippen MR) is 94.4 cm³/mol. The molecule has 1 atom stereocenters. The van der Waals surface area contributed by atoms with E-state index in [-0.39, 0.29) is 11.7 Å². The Morgan fingerprint density at radius 2 is 1.92 bits per heavy atom. The van der Waals surface area contributed by atoms with E-state index in [1.165, 1.54) is 18.2 Å². The van der Waals surface area contributed by atoms with E-state index in [2.05, 4.69) is 31.8 Å². The second kappa shape index (κ2) is 7.37. The molecule has 1 aliphatic rings. The SMILES string of the molecule is CC(Oc1cc(F)ccc1Cl)c1nc(N)nc(N2CCN(C)CC2)n1. The second-order valence-corrected chi connectivity index (χ2v) is 6.38. The smallest absolute Gasteiger partial charge is 0.230 e. The van der Waals surface area contributed by atoms with Crippen molar-refractivity contribution >= 4 is 23.5 Å². The molecule has 0 spiro atoms. The summed E-state index contributed by atoms with van der Waals surface area (Å²) in [5.74, 6) is 0.826. The lowest BCUT2D eigenvalue weighted by atomic mass is 10.3. The van der Waals surface area contributed by atoms with Crippen LogP contribution in [-0.4, -0.2) is 53.1 Å². The summed E-state index contributed by atoms with van der Waals surface area (Å²) >= 11 is 6.04. The molecule has 0 radical (unpaired) electrons. The third-order valence-electron chi connectivity index (χ3n) is 4.00. The van der Waals surface area contributed by atoms with Crippen molar-refractivity contribution in [3.05, 3.63) is 34.9 Å². The van der Waals surface area contributed by atoms with Crippen LogP contribution in [0.2, 0.25) is 5.02 Å². The molecule has 9 heteroatoms. The van der Waals surface area contributed by atoms with Gasteiger partial charge < -0.3 is 20.3 Å². The Morgan fingerprint density at radius 3 is 2.64 bits per heavy atom. The number of nitrogen functional groups attached to an aromatic ring is 1.